The molecule has 112 valence electrons. The highest BCUT2D eigenvalue weighted by Crippen LogP contribution is 2.39. The summed E-state index contributed by atoms with van der Waals surface area (Å²) in [6, 6.07) is 6.00. The summed E-state index contributed by atoms with van der Waals surface area (Å²) in [4.78, 5) is 0. The zero-order chi connectivity index (χ0) is 14.8. The smallest absolute Gasteiger partial charge is 0.122 e. The van der Waals surface area contributed by atoms with E-state index in [0.717, 1.165) is 53.3 Å². The maximum atomic E-state index is 10.9. The van der Waals surface area contributed by atoms with E-state index in [4.69, 9.17) is 4.74 Å². The lowest BCUT2D eigenvalue weighted by molar-refractivity contribution is -0.0150. The number of hydrogen-bond donors (Lipinski definition) is 1. The van der Waals surface area contributed by atoms with Crippen molar-refractivity contribution in [1.82, 2.24) is 0 Å². The van der Waals surface area contributed by atoms with Crippen molar-refractivity contribution in [2.24, 2.45) is 11.8 Å². The fourth-order valence-electron chi connectivity index (χ4n) is 3.26. The number of methoxy groups -OCH3 is 1. The molecule has 2 nitrogen and oxygen atoms in total. The van der Waals surface area contributed by atoms with Gasteiger partial charge < -0.3 is 9.84 Å². The molecule has 0 bridgehead atoms. The van der Waals surface area contributed by atoms with Gasteiger partial charge in [0, 0.05) is 10.9 Å². The van der Waals surface area contributed by atoms with Gasteiger partial charge in [-0.3, -0.25) is 0 Å². The molecule has 0 amide bonds. The Bertz CT molecular complexity index is 448. The number of hydrogen-bond acceptors (Lipinski definition) is 2. The van der Waals surface area contributed by atoms with Crippen molar-refractivity contribution in [1.29, 1.82) is 0 Å². The molecule has 20 heavy (non-hydrogen) atoms. The molecule has 1 aliphatic rings. The Labute approximate surface area is 130 Å². The first-order chi connectivity index (χ1) is 9.43. The van der Waals surface area contributed by atoms with Crippen LogP contribution in [0.25, 0.3) is 0 Å². The fraction of sp³-hybridized carbons (Fsp3) is 0.647. The fourth-order valence-corrected chi connectivity index (χ4v) is 3.67. The van der Waals surface area contributed by atoms with Crippen molar-refractivity contribution < 1.29 is 9.84 Å². The lowest BCUT2D eigenvalue weighted by Gasteiger charge is -2.38. The maximum Gasteiger partial charge on any atom is 0.122 e. The maximum absolute atomic E-state index is 10.9. The largest absolute Gasteiger partial charge is 0.496 e. The second-order valence-corrected chi connectivity index (χ2v) is 7.35. The predicted molar refractivity (Wildman–Crippen MR) is 86.1 cm³/mol. The molecule has 0 heterocycles. The van der Waals surface area contributed by atoms with Crippen LogP contribution in [0.4, 0.5) is 0 Å². The molecule has 1 N–H and O–H groups in total. The molecule has 0 aliphatic heterocycles. The van der Waals surface area contributed by atoms with E-state index in [9.17, 15) is 5.11 Å². The summed E-state index contributed by atoms with van der Waals surface area (Å²) in [6.07, 6.45) is 4.73. The van der Waals surface area contributed by atoms with Crippen LogP contribution in [-0.2, 0) is 6.42 Å². The minimum atomic E-state index is -0.570. The molecule has 0 spiro atoms. The second kappa shape index (κ2) is 6.48. The molecule has 0 saturated heterocycles. The Hall–Kier alpha value is -0.540. The van der Waals surface area contributed by atoms with E-state index in [2.05, 4.69) is 35.8 Å². The standard InChI is InChI=1S/C17H25BrO2/c1-12(2)13-6-8-17(19,9-7-13)11-14-10-15(18)4-5-16(14)20-3/h4-5,10,12-13,19H,6-9,11H2,1-3H3. The summed E-state index contributed by atoms with van der Waals surface area (Å²) >= 11 is 3.50. The molecule has 0 atom stereocenters. The molecule has 1 aromatic rings. The lowest BCUT2D eigenvalue weighted by atomic mass is 9.72. The molecule has 0 radical (unpaired) electrons. The van der Waals surface area contributed by atoms with Crippen molar-refractivity contribution in [2.75, 3.05) is 7.11 Å². The van der Waals surface area contributed by atoms with Crippen LogP contribution < -0.4 is 4.74 Å². The minimum Gasteiger partial charge on any atom is -0.496 e. The molecule has 2 rings (SSSR count). The van der Waals surface area contributed by atoms with Gasteiger partial charge in [0.1, 0.15) is 5.75 Å². The Morgan fingerprint density at radius 2 is 2.00 bits per heavy atom. The quantitative estimate of drug-likeness (QED) is 0.869. The zero-order valence-corrected chi connectivity index (χ0v) is 14.2. The van der Waals surface area contributed by atoms with E-state index < -0.39 is 5.60 Å². The van der Waals surface area contributed by atoms with Crippen molar-refractivity contribution in [3.63, 3.8) is 0 Å². The van der Waals surface area contributed by atoms with Gasteiger partial charge in [-0.05, 0) is 61.3 Å². The van der Waals surface area contributed by atoms with Crippen LogP contribution in [0.3, 0.4) is 0 Å². The monoisotopic (exact) mass is 340 g/mol. The van der Waals surface area contributed by atoms with E-state index >= 15 is 0 Å². The SMILES string of the molecule is COc1ccc(Br)cc1CC1(O)CCC(C(C)C)CC1. The molecular weight excluding hydrogens is 316 g/mol. The first-order valence-electron chi connectivity index (χ1n) is 7.48. The van der Waals surface area contributed by atoms with Gasteiger partial charge in [0.15, 0.2) is 0 Å². The number of aliphatic hydroxyl groups is 1. The summed E-state index contributed by atoms with van der Waals surface area (Å²) in [6.45, 7) is 4.57. The van der Waals surface area contributed by atoms with Gasteiger partial charge in [-0.25, -0.2) is 0 Å². The Balaban J connectivity index is 2.08. The topological polar surface area (TPSA) is 29.5 Å². The molecular formula is C17H25BrO2. The minimum absolute atomic E-state index is 0.570. The predicted octanol–water partition coefficient (Wildman–Crippen LogP) is 4.58. The van der Waals surface area contributed by atoms with Gasteiger partial charge in [0.2, 0.25) is 0 Å². The van der Waals surface area contributed by atoms with Crippen molar-refractivity contribution in [3.8, 4) is 5.75 Å². The van der Waals surface area contributed by atoms with Crippen LogP contribution >= 0.6 is 15.9 Å². The number of ether oxygens (including phenoxy) is 1. The van der Waals surface area contributed by atoms with E-state index in [1.54, 1.807) is 7.11 Å². The van der Waals surface area contributed by atoms with E-state index in [0.29, 0.717) is 6.42 Å². The molecule has 1 fully saturated rings. The zero-order valence-electron chi connectivity index (χ0n) is 12.7. The van der Waals surface area contributed by atoms with Gasteiger partial charge in [-0.15, -0.1) is 0 Å². The van der Waals surface area contributed by atoms with Gasteiger partial charge in [0.05, 0.1) is 12.7 Å². The molecule has 0 aromatic heterocycles. The number of halogens is 1. The van der Waals surface area contributed by atoms with E-state index in [1.807, 2.05) is 12.1 Å². The van der Waals surface area contributed by atoms with Crippen molar-refractivity contribution >= 4 is 15.9 Å². The van der Waals surface area contributed by atoms with Crippen molar-refractivity contribution in [3.05, 3.63) is 28.2 Å². The third kappa shape index (κ3) is 3.76. The van der Waals surface area contributed by atoms with E-state index in [1.165, 1.54) is 0 Å². The molecule has 3 heteroatoms. The van der Waals surface area contributed by atoms with E-state index in [-0.39, 0.29) is 0 Å². The van der Waals surface area contributed by atoms with Crippen LogP contribution in [0.5, 0.6) is 5.75 Å². The molecule has 1 aromatic carbocycles. The highest BCUT2D eigenvalue weighted by molar-refractivity contribution is 9.10. The van der Waals surface area contributed by atoms with Crippen LogP contribution in [0.2, 0.25) is 0 Å². The van der Waals surface area contributed by atoms with Crippen LogP contribution in [0.15, 0.2) is 22.7 Å². The summed E-state index contributed by atoms with van der Waals surface area (Å²) in [5.41, 5.74) is 0.520. The van der Waals surface area contributed by atoms with Crippen LogP contribution in [0, 0.1) is 11.8 Å². The summed E-state index contributed by atoms with van der Waals surface area (Å²) in [5, 5.41) is 10.9. The van der Waals surface area contributed by atoms with Gasteiger partial charge >= 0.3 is 0 Å². The summed E-state index contributed by atoms with van der Waals surface area (Å²) in [5.74, 6) is 2.35. The second-order valence-electron chi connectivity index (χ2n) is 6.44. The highest BCUT2D eigenvalue weighted by atomic mass is 79.9. The summed E-state index contributed by atoms with van der Waals surface area (Å²) < 4.78 is 6.45. The first kappa shape index (κ1) is 15.8. The Morgan fingerprint density at radius 3 is 2.55 bits per heavy atom. The number of benzene rings is 1. The summed E-state index contributed by atoms with van der Waals surface area (Å²) in [7, 11) is 1.69. The third-order valence-electron chi connectivity index (χ3n) is 4.67. The Kier molecular flexibility index (Phi) is 5.14. The average molecular weight is 341 g/mol. The number of rotatable bonds is 4. The van der Waals surface area contributed by atoms with Gasteiger partial charge in [-0.2, -0.15) is 0 Å². The van der Waals surface area contributed by atoms with Gasteiger partial charge in [0.25, 0.3) is 0 Å². The molecule has 0 unspecified atom stereocenters. The normalized spacial score (nSPS) is 26.8. The van der Waals surface area contributed by atoms with Gasteiger partial charge in [-0.1, -0.05) is 29.8 Å². The highest BCUT2D eigenvalue weighted by Gasteiger charge is 2.34. The lowest BCUT2D eigenvalue weighted by Crippen LogP contribution is -2.37. The van der Waals surface area contributed by atoms with Crippen LogP contribution in [0.1, 0.15) is 45.1 Å². The Morgan fingerprint density at radius 1 is 1.35 bits per heavy atom. The average Bonchev–Trinajstić information content (AvgIpc) is 2.39. The first-order valence-corrected chi connectivity index (χ1v) is 8.27. The third-order valence-corrected chi connectivity index (χ3v) is 5.16. The van der Waals surface area contributed by atoms with Crippen molar-refractivity contribution in [2.45, 2.75) is 51.6 Å². The molecule has 1 aliphatic carbocycles. The molecule has 1 saturated carbocycles. The van der Waals surface area contributed by atoms with Crippen LogP contribution in [-0.4, -0.2) is 17.8 Å².